The minimum Gasteiger partial charge on any atom is -0.489 e. The molecule has 1 aromatic heterocycles. The maximum Gasteiger partial charge on any atom is 0.407 e. The van der Waals surface area contributed by atoms with E-state index in [9.17, 15) is 4.79 Å². The van der Waals surface area contributed by atoms with Gasteiger partial charge in [-0.25, -0.2) is 15.6 Å². The van der Waals surface area contributed by atoms with Gasteiger partial charge in [0.1, 0.15) is 5.75 Å². The van der Waals surface area contributed by atoms with Crippen LogP contribution >= 0.6 is 0 Å². The molecular formula is C22H35N5O3. The van der Waals surface area contributed by atoms with Gasteiger partial charge in [0.05, 0.1) is 42.0 Å². The molecule has 30 heavy (non-hydrogen) atoms. The summed E-state index contributed by atoms with van der Waals surface area (Å²) in [5.41, 5.74) is 8.82. The number of nitrogens with one attached hydrogen (secondary N) is 1. The first-order valence-electron chi connectivity index (χ1n) is 10.8. The predicted octanol–water partition coefficient (Wildman–Crippen LogP) is 3.06. The van der Waals surface area contributed by atoms with Gasteiger partial charge in [-0.15, -0.1) is 0 Å². The van der Waals surface area contributed by atoms with Crippen molar-refractivity contribution in [2.75, 3.05) is 20.2 Å². The molecule has 8 nitrogen and oxygen atoms in total. The Morgan fingerprint density at radius 2 is 2.00 bits per heavy atom. The third-order valence-corrected chi connectivity index (χ3v) is 5.95. The van der Waals surface area contributed by atoms with Crippen molar-refractivity contribution in [1.29, 1.82) is 0 Å². The second-order valence-electron chi connectivity index (χ2n) is 8.87. The number of carbonyl (C=O) groups is 1. The number of hydrazine groups is 1. The van der Waals surface area contributed by atoms with E-state index in [0.29, 0.717) is 23.7 Å². The average Bonchev–Trinajstić information content (AvgIpc) is 3.46. The molecule has 5 N–H and O–H groups in total. The molecule has 0 unspecified atom stereocenters. The van der Waals surface area contributed by atoms with E-state index >= 15 is 0 Å². The topological polar surface area (TPSA) is 116 Å². The third kappa shape index (κ3) is 6.01. The third-order valence-electron chi connectivity index (χ3n) is 5.95. The summed E-state index contributed by atoms with van der Waals surface area (Å²) in [6, 6.07) is 3.74. The SMILES string of the molecule is Cc1nc(/C(N)=C(\CNC(=O)OCC2(C)CC2)N(C)N)ccc1OC1CCCCC1. The number of ether oxygens (including phenoxy) is 2. The van der Waals surface area contributed by atoms with Gasteiger partial charge < -0.3 is 25.5 Å². The standard InChI is InChI=1S/C22H35N5O3/c1-15-19(30-16-7-5-4-6-8-16)10-9-17(26-15)20(23)18(27(3)24)13-25-21(28)29-14-22(2)11-12-22/h9-10,16H,4-8,11-14,23-24H2,1-3H3,(H,25,28)/b20-18-. The molecule has 0 bridgehead atoms. The molecule has 3 rings (SSSR count). The van der Waals surface area contributed by atoms with Crippen LogP contribution in [0.2, 0.25) is 0 Å². The number of carbonyl (C=O) groups excluding carboxylic acids is 1. The van der Waals surface area contributed by atoms with Crippen LogP contribution in [0.5, 0.6) is 5.75 Å². The van der Waals surface area contributed by atoms with E-state index in [1.807, 2.05) is 19.1 Å². The Hall–Kier alpha value is -2.48. The summed E-state index contributed by atoms with van der Waals surface area (Å²) in [4.78, 5) is 16.6. The summed E-state index contributed by atoms with van der Waals surface area (Å²) >= 11 is 0. The summed E-state index contributed by atoms with van der Waals surface area (Å²) < 4.78 is 11.4. The molecule has 8 heteroatoms. The summed E-state index contributed by atoms with van der Waals surface area (Å²) in [6.45, 7) is 4.59. The number of hydrogen-bond acceptors (Lipinski definition) is 7. The Morgan fingerprint density at radius 3 is 2.60 bits per heavy atom. The van der Waals surface area contributed by atoms with Gasteiger partial charge in [0.15, 0.2) is 0 Å². The molecule has 2 aliphatic rings. The molecule has 166 valence electrons. The van der Waals surface area contributed by atoms with Crippen LogP contribution in [0.3, 0.4) is 0 Å². The maximum atomic E-state index is 12.0. The molecule has 1 amide bonds. The fourth-order valence-corrected chi connectivity index (χ4v) is 3.55. The van der Waals surface area contributed by atoms with E-state index in [0.717, 1.165) is 37.1 Å². The molecule has 0 aromatic carbocycles. The molecule has 2 aliphatic carbocycles. The van der Waals surface area contributed by atoms with E-state index < -0.39 is 6.09 Å². The van der Waals surface area contributed by atoms with Crippen molar-refractivity contribution in [3.8, 4) is 5.75 Å². The second-order valence-corrected chi connectivity index (χ2v) is 8.87. The molecule has 0 saturated heterocycles. The summed E-state index contributed by atoms with van der Waals surface area (Å²) in [6.07, 6.45) is 7.86. The van der Waals surface area contributed by atoms with Crippen LogP contribution in [0.1, 0.15) is 63.3 Å². The zero-order valence-electron chi connectivity index (χ0n) is 18.4. The van der Waals surface area contributed by atoms with Gasteiger partial charge in [0.2, 0.25) is 0 Å². The van der Waals surface area contributed by atoms with Crippen molar-refractivity contribution in [3.05, 3.63) is 29.2 Å². The van der Waals surface area contributed by atoms with Crippen LogP contribution in [0.15, 0.2) is 17.8 Å². The molecule has 2 saturated carbocycles. The lowest BCUT2D eigenvalue weighted by atomic mass is 9.98. The lowest BCUT2D eigenvalue weighted by Crippen LogP contribution is -2.37. The Balaban J connectivity index is 1.64. The number of hydrogen-bond donors (Lipinski definition) is 3. The molecular weight excluding hydrogens is 382 g/mol. The van der Waals surface area contributed by atoms with Gasteiger partial charge in [0, 0.05) is 12.5 Å². The number of alkyl carbamates (subject to hydrolysis) is 1. The van der Waals surface area contributed by atoms with E-state index in [1.165, 1.54) is 24.3 Å². The van der Waals surface area contributed by atoms with E-state index in [4.69, 9.17) is 21.1 Å². The lowest BCUT2D eigenvalue weighted by Gasteiger charge is -2.24. The van der Waals surface area contributed by atoms with Crippen LogP contribution in [-0.4, -0.2) is 42.4 Å². The summed E-state index contributed by atoms with van der Waals surface area (Å²) in [5, 5.41) is 4.11. The number of aromatic nitrogens is 1. The van der Waals surface area contributed by atoms with Crippen molar-refractivity contribution in [2.45, 2.75) is 64.9 Å². The van der Waals surface area contributed by atoms with Gasteiger partial charge in [-0.05, 0) is 57.6 Å². The quantitative estimate of drug-likeness (QED) is 0.440. The molecule has 0 atom stereocenters. The summed E-state index contributed by atoms with van der Waals surface area (Å²) in [5.74, 6) is 6.75. The minimum absolute atomic E-state index is 0.141. The van der Waals surface area contributed by atoms with Crippen molar-refractivity contribution in [2.24, 2.45) is 17.0 Å². The monoisotopic (exact) mass is 417 g/mol. The normalized spacial score (nSPS) is 18.9. The van der Waals surface area contributed by atoms with Crippen molar-refractivity contribution < 1.29 is 14.3 Å². The van der Waals surface area contributed by atoms with Gasteiger partial charge in [-0.2, -0.15) is 0 Å². The van der Waals surface area contributed by atoms with E-state index in [-0.39, 0.29) is 18.1 Å². The predicted molar refractivity (Wildman–Crippen MR) is 116 cm³/mol. The number of nitrogens with zero attached hydrogens (tertiary/aromatic N) is 2. The van der Waals surface area contributed by atoms with Crippen LogP contribution in [0.25, 0.3) is 5.70 Å². The fourth-order valence-electron chi connectivity index (χ4n) is 3.55. The number of nitrogens with two attached hydrogens (primary N) is 2. The molecule has 0 spiro atoms. The first-order chi connectivity index (χ1) is 14.3. The second kappa shape index (κ2) is 9.55. The average molecular weight is 418 g/mol. The molecule has 0 aliphatic heterocycles. The van der Waals surface area contributed by atoms with Gasteiger partial charge in [-0.3, -0.25) is 0 Å². The molecule has 2 fully saturated rings. The fraction of sp³-hybridized carbons (Fsp3) is 0.636. The number of pyridine rings is 1. The van der Waals surface area contributed by atoms with Crippen LogP contribution in [0.4, 0.5) is 4.79 Å². The highest BCUT2D eigenvalue weighted by atomic mass is 16.5. The van der Waals surface area contributed by atoms with Crippen molar-refractivity contribution >= 4 is 11.8 Å². The molecule has 0 radical (unpaired) electrons. The first kappa shape index (κ1) is 22.2. The minimum atomic E-state index is -0.476. The van der Waals surface area contributed by atoms with Crippen molar-refractivity contribution in [1.82, 2.24) is 15.3 Å². The highest BCUT2D eigenvalue weighted by Gasteiger charge is 2.38. The Bertz CT molecular complexity index is 783. The first-order valence-corrected chi connectivity index (χ1v) is 10.8. The zero-order valence-corrected chi connectivity index (χ0v) is 18.4. The number of amides is 1. The largest absolute Gasteiger partial charge is 0.489 e. The van der Waals surface area contributed by atoms with Crippen LogP contribution in [0, 0.1) is 12.3 Å². The molecule has 1 heterocycles. The maximum absolute atomic E-state index is 12.0. The zero-order chi connectivity index (χ0) is 21.7. The number of aryl methyl sites for hydroxylation is 1. The van der Waals surface area contributed by atoms with Crippen LogP contribution < -0.4 is 21.6 Å². The van der Waals surface area contributed by atoms with Crippen LogP contribution in [-0.2, 0) is 4.74 Å². The van der Waals surface area contributed by atoms with Gasteiger partial charge in [-0.1, -0.05) is 13.3 Å². The molecule has 1 aromatic rings. The highest BCUT2D eigenvalue weighted by Crippen LogP contribution is 2.44. The number of likely N-dealkylation sites (N-methyl/N-ethyl adjacent to an activating group) is 1. The van der Waals surface area contributed by atoms with E-state index in [1.54, 1.807) is 7.05 Å². The Morgan fingerprint density at radius 1 is 1.30 bits per heavy atom. The van der Waals surface area contributed by atoms with Gasteiger partial charge >= 0.3 is 6.09 Å². The summed E-state index contributed by atoms with van der Waals surface area (Å²) in [7, 11) is 1.67. The van der Waals surface area contributed by atoms with Gasteiger partial charge in [0.25, 0.3) is 0 Å². The lowest BCUT2D eigenvalue weighted by molar-refractivity contribution is 0.125. The Labute approximate surface area is 179 Å². The highest BCUT2D eigenvalue weighted by molar-refractivity contribution is 5.69. The number of rotatable bonds is 8. The van der Waals surface area contributed by atoms with E-state index in [2.05, 4.69) is 17.2 Å². The van der Waals surface area contributed by atoms with Crippen molar-refractivity contribution in [3.63, 3.8) is 0 Å². The Kier molecular flexibility index (Phi) is 7.07. The smallest absolute Gasteiger partial charge is 0.407 e.